The number of carbonyl (C=O) groups is 2. The monoisotopic (exact) mass is 385 g/mol. The molecule has 0 aliphatic carbocycles. The van der Waals surface area contributed by atoms with Gasteiger partial charge in [-0.25, -0.2) is 4.79 Å². The van der Waals surface area contributed by atoms with Crippen molar-refractivity contribution in [2.75, 3.05) is 18.5 Å². The van der Waals surface area contributed by atoms with Crippen molar-refractivity contribution >= 4 is 35.2 Å². The van der Waals surface area contributed by atoms with Crippen LogP contribution in [-0.2, 0) is 20.7 Å². The van der Waals surface area contributed by atoms with Crippen LogP contribution >= 0.6 is 11.6 Å². The second kappa shape index (κ2) is 8.73. The third-order valence-electron chi connectivity index (χ3n) is 4.18. The Morgan fingerprint density at radius 2 is 2.04 bits per heavy atom. The molecule has 5 nitrogen and oxygen atoms in total. The summed E-state index contributed by atoms with van der Waals surface area (Å²) >= 11 is 6.02. The van der Waals surface area contributed by atoms with E-state index in [1.54, 1.807) is 31.2 Å². The van der Waals surface area contributed by atoms with Crippen molar-refractivity contribution in [3.63, 3.8) is 0 Å². The molecule has 0 spiro atoms. The van der Waals surface area contributed by atoms with Crippen molar-refractivity contribution < 1.29 is 19.1 Å². The van der Waals surface area contributed by atoms with E-state index in [-0.39, 0.29) is 17.8 Å². The van der Waals surface area contributed by atoms with E-state index in [1.165, 1.54) is 6.08 Å². The summed E-state index contributed by atoms with van der Waals surface area (Å²) < 4.78 is 10.5. The van der Waals surface area contributed by atoms with Crippen LogP contribution < -0.4 is 10.1 Å². The lowest BCUT2D eigenvalue weighted by Crippen LogP contribution is -2.32. The Bertz CT molecular complexity index is 861. The lowest BCUT2D eigenvalue weighted by molar-refractivity contribution is -0.137. The molecule has 140 valence electrons. The van der Waals surface area contributed by atoms with Crippen LogP contribution in [0.25, 0.3) is 6.08 Å². The number of hydrogen-bond donors (Lipinski definition) is 1. The number of halogens is 1. The number of fused-ring (bicyclic) bond motifs is 1. The Labute approximate surface area is 162 Å². The summed E-state index contributed by atoms with van der Waals surface area (Å²) in [4.78, 5) is 23.9. The molecular formula is C21H20ClNO4. The number of hydrogen-bond acceptors (Lipinski definition) is 4. The number of esters is 1. The Hall–Kier alpha value is -2.79. The smallest absolute Gasteiger partial charge is 0.330 e. The van der Waals surface area contributed by atoms with Gasteiger partial charge in [0.05, 0.1) is 12.5 Å². The second-order valence-corrected chi connectivity index (χ2v) is 6.60. The van der Waals surface area contributed by atoms with Crippen LogP contribution in [0.3, 0.4) is 0 Å². The van der Waals surface area contributed by atoms with E-state index in [2.05, 4.69) is 5.32 Å². The van der Waals surface area contributed by atoms with Gasteiger partial charge in [0.2, 0.25) is 5.91 Å². The Morgan fingerprint density at radius 1 is 1.26 bits per heavy atom. The highest BCUT2D eigenvalue weighted by Gasteiger charge is 2.26. The number of carbonyl (C=O) groups excluding carboxylic acids is 2. The molecule has 0 saturated heterocycles. The molecule has 2 aromatic carbocycles. The standard InChI is InChI=1S/C21H20ClNO4/c1-2-26-20(24)10-5-14-3-7-18(8-4-14)23-21(25)16-11-15-12-17(22)6-9-19(15)27-13-16/h3-10,12,16H,2,11,13H2,1H3,(H,23,25)/b10-5+. The first kappa shape index (κ1) is 19.0. The lowest BCUT2D eigenvalue weighted by atomic mass is 9.96. The number of ether oxygens (including phenoxy) is 2. The van der Waals surface area contributed by atoms with E-state index < -0.39 is 0 Å². The zero-order chi connectivity index (χ0) is 19.2. The molecule has 1 aliphatic rings. The van der Waals surface area contributed by atoms with Gasteiger partial charge in [-0.05, 0) is 60.9 Å². The maximum Gasteiger partial charge on any atom is 0.330 e. The molecule has 1 atom stereocenters. The molecule has 1 heterocycles. The molecule has 1 N–H and O–H groups in total. The Kier molecular flexibility index (Phi) is 6.14. The molecule has 3 rings (SSSR count). The van der Waals surface area contributed by atoms with Crippen LogP contribution in [0.15, 0.2) is 48.5 Å². The molecule has 0 bridgehead atoms. The van der Waals surface area contributed by atoms with Crippen molar-refractivity contribution in [1.29, 1.82) is 0 Å². The highest BCUT2D eigenvalue weighted by molar-refractivity contribution is 6.30. The fraction of sp³-hybridized carbons (Fsp3) is 0.238. The average molecular weight is 386 g/mol. The first-order valence-corrected chi connectivity index (χ1v) is 9.10. The summed E-state index contributed by atoms with van der Waals surface area (Å²) in [6.45, 7) is 2.43. The van der Waals surface area contributed by atoms with Gasteiger partial charge in [-0.2, -0.15) is 0 Å². The fourth-order valence-electron chi connectivity index (χ4n) is 2.81. The van der Waals surface area contributed by atoms with Crippen molar-refractivity contribution in [3.05, 3.63) is 64.7 Å². The third-order valence-corrected chi connectivity index (χ3v) is 4.41. The van der Waals surface area contributed by atoms with E-state index in [0.717, 1.165) is 16.9 Å². The van der Waals surface area contributed by atoms with Gasteiger partial charge in [-0.1, -0.05) is 23.7 Å². The van der Waals surface area contributed by atoms with Gasteiger partial charge in [-0.15, -0.1) is 0 Å². The minimum absolute atomic E-state index is 0.101. The van der Waals surface area contributed by atoms with Gasteiger partial charge in [0.1, 0.15) is 12.4 Å². The molecule has 1 amide bonds. The van der Waals surface area contributed by atoms with Crippen LogP contribution in [0.5, 0.6) is 5.75 Å². The highest BCUT2D eigenvalue weighted by Crippen LogP contribution is 2.30. The van der Waals surface area contributed by atoms with E-state index in [0.29, 0.717) is 30.3 Å². The van der Waals surface area contributed by atoms with Crippen molar-refractivity contribution in [2.45, 2.75) is 13.3 Å². The van der Waals surface area contributed by atoms with Gasteiger partial charge in [0, 0.05) is 16.8 Å². The first-order valence-electron chi connectivity index (χ1n) is 8.72. The molecule has 27 heavy (non-hydrogen) atoms. The van der Waals surface area contributed by atoms with Crippen molar-refractivity contribution in [2.24, 2.45) is 5.92 Å². The van der Waals surface area contributed by atoms with E-state index in [4.69, 9.17) is 21.1 Å². The maximum atomic E-state index is 12.5. The predicted octanol–water partition coefficient (Wildman–Crippen LogP) is 4.11. The number of nitrogens with one attached hydrogen (secondary N) is 1. The van der Waals surface area contributed by atoms with Gasteiger partial charge in [-0.3, -0.25) is 4.79 Å². The Balaban J connectivity index is 1.59. The van der Waals surface area contributed by atoms with Crippen LogP contribution in [0.1, 0.15) is 18.1 Å². The van der Waals surface area contributed by atoms with Gasteiger partial charge >= 0.3 is 5.97 Å². The maximum absolute atomic E-state index is 12.5. The second-order valence-electron chi connectivity index (χ2n) is 6.16. The fourth-order valence-corrected chi connectivity index (χ4v) is 3.00. The first-order chi connectivity index (χ1) is 13.0. The summed E-state index contributed by atoms with van der Waals surface area (Å²) in [5.41, 5.74) is 2.46. The Morgan fingerprint density at radius 3 is 2.78 bits per heavy atom. The molecule has 6 heteroatoms. The summed E-state index contributed by atoms with van der Waals surface area (Å²) in [5.74, 6) is 0.0172. The lowest BCUT2D eigenvalue weighted by Gasteiger charge is -2.24. The van der Waals surface area contributed by atoms with E-state index in [9.17, 15) is 9.59 Å². The predicted molar refractivity (Wildman–Crippen MR) is 105 cm³/mol. The number of amides is 1. The van der Waals surface area contributed by atoms with E-state index in [1.807, 2.05) is 24.3 Å². The molecule has 0 saturated carbocycles. The summed E-state index contributed by atoms with van der Waals surface area (Å²) in [7, 11) is 0. The van der Waals surface area contributed by atoms with Crippen molar-refractivity contribution in [3.8, 4) is 5.75 Å². The molecule has 0 aromatic heterocycles. The molecule has 1 unspecified atom stereocenters. The SMILES string of the molecule is CCOC(=O)/C=C/c1ccc(NC(=O)C2COc3ccc(Cl)cc3C2)cc1. The summed E-state index contributed by atoms with van der Waals surface area (Å²) in [6.07, 6.45) is 3.63. The van der Waals surface area contributed by atoms with Gasteiger partial charge in [0.15, 0.2) is 0 Å². The molecule has 0 radical (unpaired) electrons. The normalized spacial score (nSPS) is 15.7. The van der Waals surface area contributed by atoms with Crippen LogP contribution in [0.2, 0.25) is 5.02 Å². The quantitative estimate of drug-likeness (QED) is 0.621. The molecular weight excluding hydrogens is 366 g/mol. The molecule has 1 aliphatic heterocycles. The molecule has 0 fully saturated rings. The number of rotatable bonds is 5. The summed E-state index contributed by atoms with van der Waals surface area (Å²) in [6, 6.07) is 12.7. The number of anilines is 1. The largest absolute Gasteiger partial charge is 0.492 e. The highest BCUT2D eigenvalue weighted by atomic mass is 35.5. The van der Waals surface area contributed by atoms with Crippen LogP contribution in [-0.4, -0.2) is 25.1 Å². The summed E-state index contributed by atoms with van der Waals surface area (Å²) in [5, 5.41) is 3.53. The van der Waals surface area contributed by atoms with Gasteiger partial charge in [0.25, 0.3) is 0 Å². The third kappa shape index (κ3) is 5.11. The zero-order valence-electron chi connectivity index (χ0n) is 14.9. The minimum Gasteiger partial charge on any atom is -0.492 e. The molecule has 2 aromatic rings. The number of benzene rings is 2. The minimum atomic E-state index is -0.382. The van der Waals surface area contributed by atoms with Gasteiger partial charge < -0.3 is 14.8 Å². The van der Waals surface area contributed by atoms with Crippen molar-refractivity contribution in [1.82, 2.24) is 0 Å². The van der Waals surface area contributed by atoms with E-state index >= 15 is 0 Å². The van der Waals surface area contributed by atoms with Crippen LogP contribution in [0.4, 0.5) is 5.69 Å². The topological polar surface area (TPSA) is 64.6 Å². The average Bonchev–Trinajstić information content (AvgIpc) is 2.67. The zero-order valence-corrected chi connectivity index (χ0v) is 15.7. The van der Waals surface area contributed by atoms with Crippen LogP contribution in [0, 0.1) is 5.92 Å².